The summed E-state index contributed by atoms with van der Waals surface area (Å²) >= 11 is 0. The van der Waals surface area contributed by atoms with E-state index in [0.29, 0.717) is 23.7 Å². The van der Waals surface area contributed by atoms with Gasteiger partial charge in [-0.15, -0.1) is 0 Å². The second-order valence-electron chi connectivity index (χ2n) is 15.1. The van der Waals surface area contributed by atoms with E-state index in [1.807, 2.05) is 0 Å². The van der Waals surface area contributed by atoms with Crippen molar-refractivity contribution in [3.8, 4) is 0 Å². The molecule has 0 spiro atoms. The molecule has 0 heterocycles. The predicted molar refractivity (Wildman–Crippen MR) is 142 cm³/mol. The van der Waals surface area contributed by atoms with Gasteiger partial charge in [0.05, 0.1) is 18.4 Å². The molecule has 0 bridgehead atoms. The fourth-order valence-corrected chi connectivity index (χ4v) is 12.1. The van der Waals surface area contributed by atoms with Crippen LogP contribution in [0.5, 0.6) is 0 Å². The van der Waals surface area contributed by atoms with Crippen LogP contribution in [0.2, 0.25) is 0 Å². The van der Waals surface area contributed by atoms with Crippen LogP contribution in [-0.4, -0.2) is 24.2 Å². The molecule has 36 heavy (non-hydrogen) atoms. The average molecular weight is 499 g/mol. The molecule has 5 fully saturated rings. The fourth-order valence-electron chi connectivity index (χ4n) is 12.1. The smallest absolute Gasteiger partial charge is 0.309 e. The largest absolute Gasteiger partial charge is 0.481 e. The fraction of sp³-hybridized carbons (Fsp3) is 0.875. The topological polar surface area (TPSA) is 63.6 Å². The van der Waals surface area contributed by atoms with Crippen LogP contribution in [0.3, 0.4) is 0 Å². The molecule has 0 aromatic carbocycles. The van der Waals surface area contributed by atoms with Crippen LogP contribution in [0.25, 0.3) is 0 Å². The summed E-state index contributed by atoms with van der Waals surface area (Å²) < 4.78 is 5.26. The summed E-state index contributed by atoms with van der Waals surface area (Å²) in [5.74, 6) is 1.54. The zero-order chi connectivity index (χ0) is 26.5. The van der Waals surface area contributed by atoms with Gasteiger partial charge in [0.25, 0.3) is 0 Å². The molecule has 0 amide bonds. The molecule has 0 saturated heterocycles. The lowest BCUT2D eigenvalue weighted by Crippen LogP contribution is -2.67. The van der Waals surface area contributed by atoms with Gasteiger partial charge in [-0.2, -0.15) is 0 Å². The van der Waals surface area contributed by atoms with E-state index >= 15 is 0 Å². The average Bonchev–Trinajstić information content (AvgIpc) is 3.20. The normalized spacial score (nSPS) is 51.2. The van der Waals surface area contributed by atoms with E-state index in [-0.39, 0.29) is 39.5 Å². The van der Waals surface area contributed by atoms with Crippen molar-refractivity contribution in [2.45, 2.75) is 106 Å². The number of ether oxygens (including phenoxy) is 1. The van der Waals surface area contributed by atoms with E-state index in [0.717, 1.165) is 51.4 Å². The highest BCUT2D eigenvalue weighted by atomic mass is 16.5. The lowest BCUT2D eigenvalue weighted by Gasteiger charge is -2.72. The molecule has 5 saturated carbocycles. The van der Waals surface area contributed by atoms with Crippen LogP contribution in [0.4, 0.5) is 0 Å². The van der Waals surface area contributed by atoms with Crippen LogP contribution < -0.4 is 0 Å². The SMILES string of the molecule is C=C(C)[C@@H]1CC[C@]2(C(=O)O)CC[C@]3(C)[C@H](CC[C@@H]4[C@@]5(C)CC[C@@H](C(=O)OC)C(C)(C)[C@@H]5CC[C@]43C)[C@@H]12. The lowest BCUT2D eigenvalue weighted by molar-refractivity contribution is -0.244. The number of carbonyl (C=O) groups is 2. The summed E-state index contributed by atoms with van der Waals surface area (Å²) in [4.78, 5) is 25.6. The van der Waals surface area contributed by atoms with Gasteiger partial charge in [-0.25, -0.2) is 0 Å². The number of methoxy groups -OCH3 is 1. The molecule has 4 heteroatoms. The van der Waals surface area contributed by atoms with Gasteiger partial charge in [-0.3, -0.25) is 9.59 Å². The number of hydrogen-bond donors (Lipinski definition) is 1. The molecule has 10 atom stereocenters. The van der Waals surface area contributed by atoms with Crippen molar-refractivity contribution in [3.63, 3.8) is 0 Å². The highest BCUT2D eigenvalue weighted by Crippen LogP contribution is 2.77. The molecule has 0 radical (unpaired) electrons. The molecule has 1 N–H and O–H groups in total. The molecule has 202 valence electrons. The monoisotopic (exact) mass is 498 g/mol. The maximum atomic E-state index is 12.8. The second-order valence-corrected chi connectivity index (χ2v) is 15.1. The molecule has 0 aliphatic heterocycles. The van der Waals surface area contributed by atoms with E-state index in [2.05, 4.69) is 48.1 Å². The van der Waals surface area contributed by atoms with Crippen LogP contribution in [0.15, 0.2) is 12.2 Å². The van der Waals surface area contributed by atoms with Gasteiger partial charge in [0.1, 0.15) is 0 Å². The van der Waals surface area contributed by atoms with Crippen molar-refractivity contribution in [2.75, 3.05) is 7.11 Å². The minimum Gasteiger partial charge on any atom is -0.481 e. The summed E-state index contributed by atoms with van der Waals surface area (Å²) in [5.41, 5.74) is 1.12. The van der Waals surface area contributed by atoms with Gasteiger partial charge in [-0.05, 0) is 122 Å². The Balaban J connectivity index is 1.53. The van der Waals surface area contributed by atoms with E-state index in [1.165, 1.54) is 25.5 Å². The summed E-state index contributed by atoms with van der Waals surface area (Å²) in [7, 11) is 1.54. The number of carbonyl (C=O) groups excluding carboxylic acids is 1. The minimum atomic E-state index is -0.557. The molecule has 5 aliphatic carbocycles. The van der Waals surface area contributed by atoms with Crippen LogP contribution in [0, 0.1) is 62.6 Å². The molecule has 0 aromatic heterocycles. The number of allylic oxidation sites excluding steroid dienone is 1. The maximum Gasteiger partial charge on any atom is 0.309 e. The Morgan fingerprint density at radius 1 is 0.833 bits per heavy atom. The van der Waals surface area contributed by atoms with Crippen molar-refractivity contribution in [3.05, 3.63) is 12.2 Å². The molecular weight excluding hydrogens is 448 g/mol. The first kappa shape index (κ1) is 26.3. The summed E-state index contributed by atoms with van der Waals surface area (Å²) in [6.07, 6.45) is 10.4. The first-order valence-electron chi connectivity index (χ1n) is 14.7. The van der Waals surface area contributed by atoms with Gasteiger partial charge in [0, 0.05) is 0 Å². The number of hydrogen-bond acceptors (Lipinski definition) is 3. The second kappa shape index (κ2) is 8.09. The third-order valence-corrected chi connectivity index (χ3v) is 14.0. The third-order valence-electron chi connectivity index (χ3n) is 14.0. The number of carboxylic acid groups (broad SMARTS) is 1. The van der Waals surface area contributed by atoms with E-state index in [9.17, 15) is 14.7 Å². The lowest BCUT2D eigenvalue weighted by atomic mass is 9.32. The Bertz CT molecular complexity index is 967. The zero-order valence-corrected chi connectivity index (χ0v) is 23.9. The van der Waals surface area contributed by atoms with Gasteiger partial charge in [-0.1, -0.05) is 46.8 Å². The quantitative estimate of drug-likeness (QED) is 0.323. The minimum absolute atomic E-state index is 0.0162. The van der Waals surface area contributed by atoms with Gasteiger partial charge >= 0.3 is 11.9 Å². The Labute approximate surface area is 219 Å². The van der Waals surface area contributed by atoms with Gasteiger partial charge in [0.15, 0.2) is 0 Å². The standard InChI is InChI=1S/C32H50O4/c1-19(2)20-11-16-32(27(34)35)18-17-30(6)21(25(20)32)9-10-24-29(5)14-12-22(26(33)36-8)28(3,4)23(29)13-15-31(24,30)7/h20-25H,1,9-18H2,2-8H3,(H,34,35)/t20-,21+,22-,23-,24+,25+,29-,30+,31+,32-/m0/s1. The van der Waals surface area contributed by atoms with Gasteiger partial charge < -0.3 is 9.84 Å². The number of carboxylic acids is 1. The zero-order valence-electron chi connectivity index (χ0n) is 23.9. The highest BCUT2D eigenvalue weighted by molar-refractivity contribution is 5.76. The number of rotatable bonds is 3. The number of fused-ring (bicyclic) bond motifs is 7. The summed E-state index contributed by atoms with van der Waals surface area (Å²) in [5, 5.41) is 10.5. The first-order valence-corrected chi connectivity index (χ1v) is 14.7. The van der Waals surface area contributed by atoms with Crippen molar-refractivity contribution in [1.82, 2.24) is 0 Å². The highest BCUT2D eigenvalue weighted by Gasteiger charge is 2.72. The molecular formula is C32H50O4. The molecule has 5 aliphatic rings. The Morgan fingerprint density at radius 2 is 1.53 bits per heavy atom. The maximum absolute atomic E-state index is 12.8. The number of esters is 1. The van der Waals surface area contributed by atoms with Crippen LogP contribution >= 0.6 is 0 Å². The van der Waals surface area contributed by atoms with Crippen molar-refractivity contribution < 1.29 is 19.4 Å². The predicted octanol–water partition coefficient (Wildman–Crippen LogP) is 7.52. The van der Waals surface area contributed by atoms with Crippen molar-refractivity contribution >= 4 is 11.9 Å². The Kier molecular flexibility index (Phi) is 5.91. The molecule has 0 aromatic rings. The third kappa shape index (κ3) is 3.05. The van der Waals surface area contributed by atoms with Crippen LogP contribution in [0.1, 0.15) is 106 Å². The van der Waals surface area contributed by atoms with E-state index in [1.54, 1.807) is 0 Å². The summed E-state index contributed by atoms with van der Waals surface area (Å²) in [6.45, 7) is 18.8. The van der Waals surface area contributed by atoms with Crippen LogP contribution in [-0.2, 0) is 14.3 Å². The molecule has 5 rings (SSSR count). The van der Waals surface area contributed by atoms with Crippen molar-refractivity contribution in [1.29, 1.82) is 0 Å². The molecule has 4 nitrogen and oxygen atoms in total. The number of aliphatic carboxylic acids is 1. The van der Waals surface area contributed by atoms with Crippen molar-refractivity contribution in [2.24, 2.45) is 62.6 Å². The first-order chi connectivity index (χ1) is 16.7. The summed E-state index contributed by atoms with van der Waals surface area (Å²) in [6, 6.07) is 0. The Hall–Kier alpha value is -1.32. The van der Waals surface area contributed by atoms with E-state index in [4.69, 9.17) is 4.74 Å². The molecule has 0 unspecified atom stereocenters. The van der Waals surface area contributed by atoms with E-state index < -0.39 is 11.4 Å². The van der Waals surface area contributed by atoms with Gasteiger partial charge in [0.2, 0.25) is 0 Å². The Morgan fingerprint density at radius 3 is 2.14 bits per heavy atom.